The van der Waals surface area contributed by atoms with Crippen molar-refractivity contribution in [2.75, 3.05) is 20.1 Å². The van der Waals surface area contributed by atoms with E-state index >= 15 is 0 Å². The second-order valence-electron chi connectivity index (χ2n) is 4.81. The molecule has 0 bridgehead atoms. The summed E-state index contributed by atoms with van der Waals surface area (Å²) in [6, 6.07) is 5.49. The fraction of sp³-hybridized carbons (Fsp3) is 0.500. The lowest BCUT2D eigenvalue weighted by atomic mass is 10.1. The van der Waals surface area contributed by atoms with Gasteiger partial charge in [-0.15, -0.1) is 0 Å². The highest BCUT2D eigenvalue weighted by Gasteiger charge is 2.13. The summed E-state index contributed by atoms with van der Waals surface area (Å²) in [6.07, 6.45) is 1.69. The van der Waals surface area contributed by atoms with Crippen molar-refractivity contribution >= 4 is 29.2 Å². The summed E-state index contributed by atoms with van der Waals surface area (Å²) in [7, 11) is 1.92. The molecular formula is C14H19Cl2NO2. The van der Waals surface area contributed by atoms with Crippen LogP contribution in [-0.4, -0.2) is 36.1 Å². The molecule has 0 amide bonds. The number of rotatable bonds is 7. The van der Waals surface area contributed by atoms with Gasteiger partial charge in [0.1, 0.15) is 0 Å². The molecule has 0 heterocycles. The predicted molar refractivity (Wildman–Crippen MR) is 79.1 cm³/mol. The molecular weight excluding hydrogens is 285 g/mol. The molecule has 0 spiro atoms. The minimum absolute atomic E-state index is 0.353. The van der Waals surface area contributed by atoms with Crippen LogP contribution in [-0.2, 0) is 11.2 Å². The van der Waals surface area contributed by atoms with E-state index in [2.05, 4.69) is 0 Å². The van der Waals surface area contributed by atoms with Crippen molar-refractivity contribution in [2.24, 2.45) is 5.92 Å². The van der Waals surface area contributed by atoms with Crippen molar-refractivity contribution in [1.29, 1.82) is 0 Å². The monoisotopic (exact) mass is 303 g/mol. The minimum Gasteiger partial charge on any atom is -0.481 e. The Morgan fingerprint density at radius 1 is 1.37 bits per heavy atom. The predicted octanol–water partition coefficient (Wildman–Crippen LogP) is 3.58. The maximum Gasteiger partial charge on any atom is 0.307 e. The van der Waals surface area contributed by atoms with Gasteiger partial charge in [0.25, 0.3) is 0 Å². The van der Waals surface area contributed by atoms with E-state index in [4.69, 9.17) is 28.3 Å². The van der Waals surface area contributed by atoms with Crippen LogP contribution in [0.25, 0.3) is 0 Å². The first-order chi connectivity index (χ1) is 8.91. The molecule has 1 aromatic carbocycles. The standard InChI is InChI=1S/C14H19Cl2NO2/c1-10(14(18)19)9-17(2)8-4-5-11-12(15)6-3-7-13(11)16/h3,6-7,10H,4-5,8-9H2,1-2H3,(H,18,19). The summed E-state index contributed by atoms with van der Waals surface area (Å²) >= 11 is 12.2. The van der Waals surface area contributed by atoms with Gasteiger partial charge in [-0.25, -0.2) is 0 Å². The van der Waals surface area contributed by atoms with Crippen LogP contribution >= 0.6 is 23.2 Å². The highest BCUT2D eigenvalue weighted by molar-refractivity contribution is 6.35. The number of carboxylic acids is 1. The van der Waals surface area contributed by atoms with Crippen LogP contribution < -0.4 is 0 Å². The fourth-order valence-electron chi connectivity index (χ4n) is 1.93. The van der Waals surface area contributed by atoms with E-state index in [-0.39, 0.29) is 5.92 Å². The molecule has 1 atom stereocenters. The molecule has 0 aromatic heterocycles. The van der Waals surface area contributed by atoms with Gasteiger partial charge >= 0.3 is 5.97 Å². The number of carbonyl (C=O) groups is 1. The Kier molecular flexibility index (Phi) is 6.63. The molecule has 106 valence electrons. The van der Waals surface area contributed by atoms with E-state index in [0.717, 1.165) is 24.9 Å². The Bertz CT molecular complexity index is 417. The zero-order valence-corrected chi connectivity index (χ0v) is 12.7. The van der Waals surface area contributed by atoms with Crippen molar-refractivity contribution in [3.05, 3.63) is 33.8 Å². The third-order valence-electron chi connectivity index (χ3n) is 3.04. The SMILES string of the molecule is CC(CN(C)CCCc1c(Cl)cccc1Cl)C(=O)O. The van der Waals surface area contributed by atoms with E-state index in [1.54, 1.807) is 6.92 Å². The molecule has 0 saturated carbocycles. The van der Waals surface area contributed by atoms with Gasteiger partial charge in [0.05, 0.1) is 5.92 Å². The number of hydrogen-bond donors (Lipinski definition) is 1. The highest BCUT2D eigenvalue weighted by Crippen LogP contribution is 2.25. The van der Waals surface area contributed by atoms with E-state index in [0.29, 0.717) is 16.6 Å². The second-order valence-corrected chi connectivity index (χ2v) is 5.62. The molecule has 1 aromatic rings. The van der Waals surface area contributed by atoms with Gasteiger partial charge in [-0.1, -0.05) is 36.2 Å². The van der Waals surface area contributed by atoms with Gasteiger partial charge in [0, 0.05) is 16.6 Å². The smallest absolute Gasteiger partial charge is 0.307 e. The Morgan fingerprint density at radius 3 is 2.47 bits per heavy atom. The summed E-state index contributed by atoms with van der Waals surface area (Å²) < 4.78 is 0. The van der Waals surface area contributed by atoms with Crippen molar-refractivity contribution in [2.45, 2.75) is 19.8 Å². The number of halogens is 2. The number of nitrogens with zero attached hydrogens (tertiary/aromatic N) is 1. The number of hydrogen-bond acceptors (Lipinski definition) is 2. The number of aliphatic carboxylic acids is 1. The Labute approximate surface area is 124 Å². The molecule has 0 saturated heterocycles. The Balaban J connectivity index is 2.40. The first-order valence-corrected chi connectivity index (χ1v) is 7.01. The maximum absolute atomic E-state index is 10.8. The highest BCUT2D eigenvalue weighted by atomic mass is 35.5. The summed E-state index contributed by atoms with van der Waals surface area (Å²) in [5, 5.41) is 10.2. The van der Waals surface area contributed by atoms with Crippen molar-refractivity contribution in [1.82, 2.24) is 4.90 Å². The molecule has 1 rings (SSSR count). The van der Waals surface area contributed by atoms with E-state index < -0.39 is 5.97 Å². The zero-order chi connectivity index (χ0) is 14.4. The van der Waals surface area contributed by atoms with E-state index in [1.807, 2.05) is 30.1 Å². The molecule has 1 N–H and O–H groups in total. The Morgan fingerprint density at radius 2 is 1.95 bits per heavy atom. The Hall–Kier alpha value is -0.770. The largest absolute Gasteiger partial charge is 0.481 e. The summed E-state index contributed by atoms with van der Waals surface area (Å²) in [5.74, 6) is -1.12. The zero-order valence-electron chi connectivity index (χ0n) is 11.2. The lowest BCUT2D eigenvalue weighted by Crippen LogP contribution is -2.29. The first kappa shape index (κ1) is 16.3. The van der Waals surface area contributed by atoms with Gasteiger partial charge in [-0.2, -0.15) is 0 Å². The summed E-state index contributed by atoms with van der Waals surface area (Å²) in [5.41, 5.74) is 0.963. The third-order valence-corrected chi connectivity index (χ3v) is 3.74. The van der Waals surface area contributed by atoms with Crippen molar-refractivity contribution in [3.63, 3.8) is 0 Å². The molecule has 0 radical (unpaired) electrons. The lowest BCUT2D eigenvalue weighted by molar-refractivity contribution is -0.141. The normalized spacial score (nSPS) is 12.7. The van der Waals surface area contributed by atoms with Gasteiger partial charge in [-0.05, 0) is 44.1 Å². The van der Waals surface area contributed by atoms with Gasteiger partial charge in [0.2, 0.25) is 0 Å². The van der Waals surface area contributed by atoms with E-state index in [1.165, 1.54) is 0 Å². The molecule has 0 fully saturated rings. The van der Waals surface area contributed by atoms with Crippen LogP contribution in [0.1, 0.15) is 18.9 Å². The topological polar surface area (TPSA) is 40.5 Å². The van der Waals surface area contributed by atoms with Gasteiger partial charge in [0.15, 0.2) is 0 Å². The van der Waals surface area contributed by atoms with Crippen LogP contribution in [0.2, 0.25) is 10.0 Å². The van der Waals surface area contributed by atoms with Crippen LogP contribution in [0, 0.1) is 5.92 Å². The average molecular weight is 304 g/mol. The number of benzene rings is 1. The molecule has 0 aliphatic heterocycles. The second kappa shape index (κ2) is 7.73. The number of carboxylic acid groups (broad SMARTS) is 1. The van der Waals surface area contributed by atoms with E-state index in [9.17, 15) is 4.79 Å². The molecule has 0 aliphatic rings. The van der Waals surface area contributed by atoms with Crippen LogP contribution in [0.4, 0.5) is 0 Å². The van der Waals surface area contributed by atoms with Crippen LogP contribution in [0.5, 0.6) is 0 Å². The van der Waals surface area contributed by atoms with Crippen molar-refractivity contribution in [3.8, 4) is 0 Å². The fourth-order valence-corrected chi connectivity index (χ4v) is 2.52. The summed E-state index contributed by atoms with van der Waals surface area (Å²) in [6.45, 7) is 3.08. The molecule has 1 unspecified atom stereocenters. The minimum atomic E-state index is -0.763. The van der Waals surface area contributed by atoms with Gasteiger partial charge < -0.3 is 10.0 Å². The molecule has 0 aliphatic carbocycles. The molecule has 19 heavy (non-hydrogen) atoms. The quantitative estimate of drug-likeness (QED) is 0.837. The van der Waals surface area contributed by atoms with Gasteiger partial charge in [-0.3, -0.25) is 4.79 Å². The van der Waals surface area contributed by atoms with Crippen LogP contribution in [0.3, 0.4) is 0 Å². The third kappa shape index (κ3) is 5.39. The van der Waals surface area contributed by atoms with Crippen molar-refractivity contribution < 1.29 is 9.90 Å². The molecule has 3 nitrogen and oxygen atoms in total. The molecule has 5 heteroatoms. The maximum atomic E-state index is 10.8. The lowest BCUT2D eigenvalue weighted by Gasteiger charge is -2.19. The summed E-state index contributed by atoms with van der Waals surface area (Å²) in [4.78, 5) is 12.8. The van der Waals surface area contributed by atoms with Crippen LogP contribution in [0.15, 0.2) is 18.2 Å². The first-order valence-electron chi connectivity index (χ1n) is 6.26. The average Bonchev–Trinajstić information content (AvgIpc) is 2.32.